The quantitative estimate of drug-likeness (QED) is 0.373. The second-order valence-electron chi connectivity index (χ2n) is 12.2. The van der Waals surface area contributed by atoms with Gasteiger partial charge in [0.15, 0.2) is 0 Å². The molecule has 2 bridgehead atoms. The van der Waals surface area contributed by atoms with Crippen molar-refractivity contribution in [2.45, 2.75) is 61.5 Å². The highest BCUT2D eigenvalue weighted by Crippen LogP contribution is 2.47. The molecule has 5 atom stereocenters. The van der Waals surface area contributed by atoms with Crippen LogP contribution in [-0.2, 0) is 26.7 Å². The molecule has 2 heterocycles. The number of aryl methyl sites for hydroxylation is 1. The number of anilines is 1. The Balaban J connectivity index is 1.43. The van der Waals surface area contributed by atoms with E-state index in [4.69, 9.17) is 16.3 Å². The van der Waals surface area contributed by atoms with E-state index < -0.39 is 34.2 Å². The first kappa shape index (κ1) is 29.8. The third kappa shape index (κ3) is 5.58. The second-order valence-corrected chi connectivity index (χ2v) is 14.4. The van der Waals surface area contributed by atoms with Gasteiger partial charge in [0.25, 0.3) is 15.9 Å². The summed E-state index contributed by atoms with van der Waals surface area (Å²) in [6, 6.07) is 9.28. The Hall–Kier alpha value is -3.28. The van der Waals surface area contributed by atoms with Crippen molar-refractivity contribution in [1.29, 1.82) is 0 Å². The summed E-state index contributed by atoms with van der Waals surface area (Å²) in [6.07, 6.45) is 5.44. The van der Waals surface area contributed by atoms with E-state index in [1.54, 1.807) is 12.1 Å². The Bertz CT molecular complexity index is 1580. The van der Waals surface area contributed by atoms with Gasteiger partial charge in [0.05, 0.1) is 23.3 Å². The third-order valence-corrected chi connectivity index (χ3v) is 11.2. The zero-order chi connectivity index (χ0) is 30.5. The van der Waals surface area contributed by atoms with Crippen LogP contribution in [0.3, 0.4) is 0 Å². The number of amides is 2. The molecule has 0 radical (unpaired) electrons. The van der Waals surface area contributed by atoms with Crippen molar-refractivity contribution >= 4 is 39.3 Å². The van der Waals surface area contributed by atoms with Crippen molar-refractivity contribution in [3.05, 3.63) is 64.7 Å². The molecule has 4 aliphatic rings. The topological polar surface area (TPSA) is 136 Å². The minimum atomic E-state index is -4.33. The molecule has 1 fully saturated rings. The number of aliphatic hydroxyl groups is 1. The molecule has 0 aromatic heterocycles. The van der Waals surface area contributed by atoms with Gasteiger partial charge in [-0.2, -0.15) is 0 Å². The average molecular weight is 630 g/mol. The number of hydrogen-bond acceptors (Lipinski definition) is 7. The third-order valence-electron chi connectivity index (χ3n) is 9.65. The number of fused-ring (bicyclic) bond motifs is 4. The van der Waals surface area contributed by atoms with Crippen LogP contribution >= 0.6 is 11.6 Å². The van der Waals surface area contributed by atoms with Crippen molar-refractivity contribution in [3.8, 4) is 5.75 Å². The van der Waals surface area contributed by atoms with Crippen LogP contribution in [0, 0.1) is 11.8 Å². The summed E-state index contributed by atoms with van der Waals surface area (Å²) < 4.78 is 35.4. The summed E-state index contributed by atoms with van der Waals surface area (Å²) >= 11 is 6.36. The molecule has 0 unspecified atom stereocenters. The number of rotatable bonds is 0. The lowest BCUT2D eigenvalue weighted by atomic mass is 9.68. The summed E-state index contributed by atoms with van der Waals surface area (Å²) in [5, 5.41) is 21.5. The molecule has 2 amide bonds. The number of benzene rings is 2. The molecule has 10 nitrogen and oxygen atoms in total. The summed E-state index contributed by atoms with van der Waals surface area (Å²) in [5.74, 6) is -0.345. The number of nitrogens with zero attached hydrogens (tertiary/aromatic N) is 2. The van der Waals surface area contributed by atoms with Crippen LogP contribution in [0.15, 0.2) is 53.4 Å². The van der Waals surface area contributed by atoms with Crippen LogP contribution in [0.4, 0.5) is 10.5 Å². The van der Waals surface area contributed by atoms with Crippen LogP contribution in [0.2, 0.25) is 5.02 Å². The van der Waals surface area contributed by atoms with Gasteiger partial charge in [-0.15, -0.1) is 0 Å². The summed E-state index contributed by atoms with van der Waals surface area (Å²) in [7, 11) is -4.33. The van der Waals surface area contributed by atoms with E-state index in [-0.39, 0.29) is 28.7 Å². The molecule has 230 valence electrons. The van der Waals surface area contributed by atoms with E-state index in [0.29, 0.717) is 36.2 Å². The van der Waals surface area contributed by atoms with Gasteiger partial charge in [0.2, 0.25) is 0 Å². The second kappa shape index (κ2) is 11.3. The normalized spacial score (nSPS) is 30.3. The molecule has 2 aromatic rings. The fourth-order valence-electron chi connectivity index (χ4n) is 7.09. The predicted octanol–water partition coefficient (Wildman–Crippen LogP) is 3.94. The molecular formula is C31H36ClN3O7S. The van der Waals surface area contributed by atoms with Crippen LogP contribution in [-0.4, -0.2) is 73.9 Å². The first-order valence-corrected chi connectivity index (χ1v) is 16.6. The SMILES string of the molecule is C[C@@H]1C(=O)NS(=O)(=O)c2ccc3c(c2)N(C[C@@H]2CC[C@H]2[C@@H](O)C=CCN1C(=O)O)C[C@@]1(CCCc2cc(Cl)ccc21)CO3. The number of nitrogens with one attached hydrogen (secondary N) is 1. The van der Waals surface area contributed by atoms with Gasteiger partial charge in [-0.3, -0.25) is 9.69 Å². The van der Waals surface area contributed by atoms with Crippen molar-refractivity contribution in [2.75, 3.05) is 31.1 Å². The maximum Gasteiger partial charge on any atom is 0.408 e. The standard InChI is InChI=1S/C31H36ClN3O7S/c1-19-29(37)33-43(40,41)23-8-11-28-26(15-23)34(16-21-6-9-24(21)27(36)5-3-13-35(19)30(38)39)17-31(18-42-28)12-2-4-20-14-22(32)7-10-25(20)31/h3,5,7-8,10-11,14-15,19,21,24,27,36H,2,4,6,9,12-13,16-18H2,1H3,(H,33,37)(H,38,39)/t19-,21+,24-,27+,31+/m1/s1. The predicted molar refractivity (Wildman–Crippen MR) is 161 cm³/mol. The number of aliphatic hydroxyl groups excluding tert-OH is 1. The molecule has 2 aromatic carbocycles. The first-order chi connectivity index (χ1) is 20.5. The molecule has 43 heavy (non-hydrogen) atoms. The molecule has 0 saturated heterocycles. The van der Waals surface area contributed by atoms with E-state index >= 15 is 0 Å². The molecule has 2 aliphatic carbocycles. The molecule has 12 heteroatoms. The number of sulfonamides is 1. The molecule has 6 rings (SSSR count). The Morgan fingerprint density at radius 1 is 1.19 bits per heavy atom. The zero-order valence-electron chi connectivity index (χ0n) is 23.9. The minimum absolute atomic E-state index is 0.0453. The van der Waals surface area contributed by atoms with Gasteiger partial charge in [0, 0.05) is 30.1 Å². The number of carboxylic acid groups (broad SMARTS) is 1. The van der Waals surface area contributed by atoms with Gasteiger partial charge in [-0.1, -0.05) is 29.8 Å². The summed E-state index contributed by atoms with van der Waals surface area (Å²) in [4.78, 5) is 27.8. The lowest BCUT2D eigenvalue weighted by Gasteiger charge is -2.45. The molecule has 1 spiro atoms. The Morgan fingerprint density at radius 2 is 2.00 bits per heavy atom. The zero-order valence-corrected chi connectivity index (χ0v) is 25.5. The van der Waals surface area contributed by atoms with Crippen molar-refractivity contribution in [3.63, 3.8) is 0 Å². The van der Waals surface area contributed by atoms with Crippen LogP contribution in [0.1, 0.15) is 43.7 Å². The van der Waals surface area contributed by atoms with Gasteiger partial charge in [-0.05, 0) is 92.3 Å². The summed E-state index contributed by atoms with van der Waals surface area (Å²) in [6.45, 7) is 2.73. The first-order valence-electron chi connectivity index (χ1n) is 14.7. The monoisotopic (exact) mass is 629 g/mol. The van der Waals surface area contributed by atoms with E-state index in [9.17, 15) is 28.2 Å². The lowest BCUT2D eigenvalue weighted by molar-refractivity contribution is -0.123. The van der Waals surface area contributed by atoms with E-state index in [1.165, 1.54) is 36.3 Å². The Labute approximate surface area is 256 Å². The Morgan fingerprint density at radius 3 is 2.74 bits per heavy atom. The van der Waals surface area contributed by atoms with Crippen molar-refractivity contribution in [2.24, 2.45) is 11.8 Å². The molecular weight excluding hydrogens is 594 g/mol. The van der Waals surface area contributed by atoms with Crippen molar-refractivity contribution in [1.82, 2.24) is 9.62 Å². The van der Waals surface area contributed by atoms with Gasteiger partial charge in [-0.25, -0.2) is 17.9 Å². The number of halogens is 1. The van der Waals surface area contributed by atoms with Crippen molar-refractivity contribution < 1.29 is 33.0 Å². The molecule has 2 aliphatic heterocycles. The highest BCUT2D eigenvalue weighted by atomic mass is 35.5. The minimum Gasteiger partial charge on any atom is -0.490 e. The van der Waals surface area contributed by atoms with Gasteiger partial charge < -0.3 is 19.8 Å². The number of hydrogen-bond donors (Lipinski definition) is 3. The summed E-state index contributed by atoms with van der Waals surface area (Å²) in [5.41, 5.74) is 2.64. The van der Waals surface area contributed by atoms with Gasteiger partial charge >= 0.3 is 6.09 Å². The molecule has 3 N–H and O–H groups in total. The fraction of sp³-hybridized carbons (Fsp3) is 0.484. The smallest absolute Gasteiger partial charge is 0.408 e. The number of carbonyl (C=O) groups is 2. The maximum atomic E-state index is 13.4. The van der Waals surface area contributed by atoms with E-state index in [1.807, 2.05) is 12.1 Å². The van der Waals surface area contributed by atoms with E-state index in [2.05, 4.69) is 15.7 Å². The van der Waals surface area contributed by atoms with E-state index in [0.717, 1.165) is 37.0 Å². The molecule has 1 saturated carbocycles. The maximum absolute atomic E-state index is 13.4. The van der Waals surface area contributed by atoms with Crippen LogP contribution in [0.25, 0.3) is 0 Å². The van der Waals surface area contributed by atoms with Gasteiger partial charge in [0.1, 0.15) is 11.8 Å². The fourth-order valence-corrected chi connectivity index (χ4v) is 8.35. The average Bonchev–Trinajstić information content (AvgIpc) is 3.09. The Kier molecular flexibility index (Phi) is 7.85. The van der Waals surface area contributed by atoms with Crippen LogP contribution < -0.4 is 14.4 Å². The number of ether oxygens (including phenoxy) is 1. The largest absolute Gasteiger partial charge is 0.490 e. The lowest BCUT2D eigenvalue weighted by Crippen LogP contribution is -2.50. The van der Waals surface area contributed by atoms with Crippen LogP contribution in [0.5, 0.6) is 5.75 Å². The highest BCUT2D eigenvalue weighted by Gasteiger charge is 2.44. The number of carbonyl (C=O) groups excluding carboxylic acids is 1. The highest BCUT2D eigenvalue weighted by molar-refractivity contribution is 7.90.